The summed E-state index contributed by atoms with van der Waals surface area (Å²) in [4.78, 5) is 28.6. The minimum Gasteiger partial charge on any atom is -0.494 e. The van der Waals surface area contributed by atoms with Gasteiger partial charge in [0.05, 0.1) is 28.8 Å². The first-order valence-corrected chi connectivity index (χ1v) is 13.4. The van der Waals surface area contributed by atoms with E-state index < -0.39 is 11.7 Å². The van der Waals surface area contributed by atoms with Gasteiger partial charge >= 0.3 is 6.18 Å². The van der Waals surface area contributed by atoms with Crippen LogP contribution in [-0.4, -0.2) is 25.5 Å². The summed E-state index contributed by atoms with van der Waals surface area (Å²) in [7, 11) is 1.61. The molecule has 1 aliphatic rings. The quantitative estimate of drug-likeness (QED) is 0.232. The fraction of sp³-hybridized carbons (Fsp3) is 0.267. The van der Waals surface area contributed by atoms with Crippen molar-refractivity contribution in [1.29, 1.82) is 0 Å². The monoisotopic (exact) mass is 554 g/mol. The summed E-state index contributed by atoms with van der Waals surface area (Å²) in [6.07, 6.45) is -0.803. The molecular weight excluding hydrogens is 525 g/mol. The maximum absolute atomic E-state index is 13.0. The Kier molecular flexibility index (Phi) is 8.70. The van der Waals surface area contributed by atoms with Crippen LogP contribution in [0.4, 0.5) is 18.9 Å². The van der Waals surface area contributed by atoms with Gasteiger partial charge in [-0.15, -0.1) is 0 Å². The van der Waals surface area contributed by atoms with Crippen molar-refractivity contribution in [3.8, 4) is 5.75 Å². The Morgan fingerprint density at radius 1 is 1.08 bits per heavy atom. The van der Waals surface area contributed by atoms with E-state index in [9.17, 15) is 22.8 Å². The average Bonchev–Trinajstić information content (AvgIpc) is 2.91. The maximum atomic E-state index is 13.0. The first kappa shape index (κ1) is 28.3. The van der Waals surface area contributed by atoms with E-state index in [1.165, 1.54) is 28.8 Å². The number of rotatable bonds is 8. The zero-order valence-electron chi connectivity index (χ0n) is 21.8. The Bertz CT molecular complexity index is 1370. The fourth-order valence-corrected chi connectivity index (χ4v) is 5.10. The molecule has 0 spiro atoms. The van der Waals surface area contributed by atoms with E-state index in [1.54, 1.807) is 31.3 Å². The summed E-state index contributed by atoms with van der Waals surface area (Å²) in [6.45, 7) is 4.67. The predicted molar refractivity (Wildman–Crippen MR) is 148 cm³/mol. The number of fused-ring (bicyclic) bond motifs is 1. The van der Waals surface area contributed by atoms with Crippen molar-refractivity contribution in [2.24, 2.45) is 0 Å². The molecule has 0 radical (unpaired) electrons. The van der Waals surface area contributed by atoms with Gasteiger partial charge in [-0.2, -0.15) is 13.2 Å². The maximum Gasteiger partial charge on any atom is 0.416 e. The molecule has 0 fully saturated rings. The predicted octanol–water partition coefficient (Wildman–Crippen LogP) is 7.48. The van der Waals surface area contributed by atoms with Gasteiger partial charge in [-0.25, -0.2) is 0 Å². The Hall–Kier alpha value is -3.72. The highest BCUT2D eigenvalue weighted by Gasteiger charge is 2.30. The van der Waals surface area contributed by atoms with E-state index >= 15 is 0 Å². The van der Waals surface area contributed by atoms with E-state index in [4.69, 9.17) is 4.74 Å². The summed E-state index contributed by atoms with van der Waals surface area (Å²) in [5, 5.41) is 2.99. The van der Waals surface area contributed by atoms with Gasteiger partial charge in [0.25, 0.3) is 11.8 Å². The van der Waals surface area contributed by atoms with Crippen molar-refractivity contribution in [3.63, 3.8) is 0 Å². The molecule has 0 saturated carbocycles. The molecule has 9 heteroatoms. The number of amides is 2. The van der Waals surface area contributed by atoms with E-state index in [0.717, 1.165) is 41.2 Å². The number of carbonyl (C=O) groups is 2. The number of anilines is 1. The Morgan fingerprint density at radius 3 is 2.41 bits per heavy atom. The number of unbranched alkanes of at least 4 members (excludes halogenated alkanes) is 1. The van der Waals surface area contributed by atoms with Crippen molar-refractivity contribution in [2.45, 2.75) is 43.8 Å². The number of ether oxygens (including phenoxy) is 1. The van der Waals surface area contributed by atoms with Crippen LogP contribution in [0.1, 0.15) is 59.8 Å². The third-order valence-electron chi connectivity index (χ3n) is 6.35. The lowest BCUT2D eigenvalue weighted by Gasteiger charge is -2.27. The van der Waals surface area contributed by atoms with Gasteiger partial charge < -0.3 is 15.0 Å². The number of carbonyl (C=O) groups excluding carboxylic acids is 2. The molecule has 1 N–H and O–H groups in total. The number of halogens is 3. The zero-order chi connectivity index (χ0) is 28.2. The molecule has 0 unspecified atom stereocenters. The SMILES string of the molecule is CCCCOc1ccc([C@H](C)NC(=O)c2ccc3c(c2)N(C)C(=O)/C(=C\c2ccc(C(F)(F)F)cc2)S3)cc1. The second-order valence-electron chi connectivity index (χ2n) is 9.24. The van der Waals surface area contributed by atoms with Crippen molar-refractivity contribution in [2.75, 3.05) is 18.6 Å². The summed E-state index contributed by atoms with van der Waals surface area (Å²) >= 11 is 1.22. The van der Waals surface area contributed by atoms with E-state index in [2.05, 4.69) is 12.2 Å². The molecule has 3 aromatic rings. The number of alkyl halides is 3. The van der Waals surface area contributed by atoms with Crippen LogP contribution in [0, 0.1) is 0 Å². The molecule has 1 heterocycles. The second-order valence-corrected chi connectivity index (χ2v) is 10.3. The summed E-state index contributed by atoms with van der Waals surface area (Å²) < 4.78 is 44.2. The van der Waals surface area contributed by atoms with Gasteiger partial charge in [0.2, 0.25) is 0 Å². The summed E-state index contributed by atoms with van der Waals surface area (Å²) in [5.74, 6) is 0.211. The van der Waals surface area contributed by atoms with Crippen LogP contribution < -0.4 is 15.0 Å². The third kappa shape index (κ3) is 6.84. The molecule has 204 valence electrons. The number of thioether (sulfide) groups is 1. The fourth-order valence-electron chi connectivity index (χ4n) is 4.01. The number of hydrogen-bond acceptors (Lipinski definition) is 4. The van der Waals surface area contributed by atoms with Crippen LogP contribution >= 0.6 is 11.8 Å². The largest absolute Gasteiger partial charge is 0.494 e. The first-order chi connectivity index (χ1) is 18.6. The molecule has 5 nitrogen and oxygen atoms in total. The number of likely N-dealkylation sites (N-methyl/N-ethyl adjacent to an activating group) is 1. The van der Waals surface area contributed by atoms with Gasteiger partial charge in [0.15, 0.2) is 0 Å². The molecule has 0 aromatic heterocycles. The lowest BCUT2D eigenvalue weighted by atomic mass is 10.1. The molecule has 3 aromatic carbocycles. The molecule has 1 atom stereocenters. The van der Waals surface area contributed by atoms with E-state index in [-0.39, 0.29) is 17.9 Å². The molecule has 2 amide bonds. The minimum absolute atomic E-state index is 0.245. The number of benzene rings is 3. The van der Waals surface area contributed by atoms with Crippen LogP contribution in [-0.2, 0) is 11.0 Å². The highest BCUT2D eigenvalue weighted by atomic mass is 32.2. The van der Waals surface area contributed by atoms with Gasteiger partial charge in [-0.05, 0) is 73.0 Å². The van der Waals surface area contributed by atoms with Crippen molar-refractivity contribution >= 4 is 35.3 Å². The van der Waals surface area contributed by atoms with Gasteiger partial charge in [0, 0.05) is 17.5 Å². The molecule has 0 aliphatic carbocycles. The normalized spacial score (nSPS) is 15.2. The molecule has 0 saturated heterocycles. The number of nitrogens with zero attached hydrogens (tertiary/aromatic N) is 1. The second kappa shape index (κ2) is 12.0. The molecule has 0 bridgehead atoms. The molecule has 1 aliphatic heterocycles. The van der Waals surface area contributed by atoms with Crippen molar-refractivity contribution in [3.05, 3.63) is 93.9 Å². The zero-order valence-corrected chi connectivity index (χ0v) is 22.7. The standard InChI is InChI=1S/C30H29F3N2O3S/c1-4-5-16-38-24-13-8-21(9-14-24)19(2)34-28(36)22-10-15-26-25(18-22)35(3)29(37)27(39-26)17-20-6-11-23(12-7-20)30(31,32)33/h6-15,17-19H,4-5,16H2,1-3H3,(H,34,36)/b27-17+/t19-/m0/s1. The lowest BCUT2D eigenvalue weighted by molar-refractivity contribution is -0.137. The third-order valence-corrected chi connectivity index (χ3v) is 7.43. The first-order valence-electron chi connectivity index (χ1n) is 12.6. The van der Waals surface area contributed by atoms with E-state index in [0.29, 0.717) is 28.3 Å². The Morgan fingerprint density at radius 2 is 1.77 bits per heavy atom. The molecule has 39 heavy (non-hydrogen) atoms. The molecular formula is C30H29F3N2O3S. The van der Waals surface area contributed by atoms with Crippen molar-refractivity contribution < 1.29 is 27.5 Å². The number of hydrogen-bond donors (Lipinski definition) is 1. The highest BCUT2D eigenvalue weighted by molar-refractivity contribution is 8.04. The van der Waals surface area contributed by atoms with Crippen LogP contribution in [0.25, 0.3) is 6.08 Å². The van der Waals surface area contributed by atoms with Gasteiger partial charge in [0.1, 0.15) is 5.75 Å². The summed E-state index contributed by atoms with van der Waals surface area (Å²) in [5.41, 5.74) is 1.67. The average molecular weight is 555 g/mol. The van der Waals surface area contributed by atoms with Gasteiger partial charge in [-0.3, -0.25) is 9.59 Å². The van der Waals surface area contributed by atoms with Gasteiger partial charge in [-0.1, -0.05) is 49.4 Å². The van der Waals surface area contributed by atoms with Crippen LogP contribution in [0.15, 0.2) is 76.5 Å². The molecule has 4 rings (SSSR count). The lowest BCUT2D eigenvalue weighted by Crippen LogP contribution is -2.31. The van der Waals surface area contributed by atoms with Crippen LogP contribution in [0.2, 0.25) is 0 Å². The summed E-state index contributed by atoms with van der Waals surface area (Å²) in [6, 6.07) is 17.2. The van der Waals surface area contributed by atoms with Crippen LogP contribution in [0.5, 0.6) is 5.75 Å². The van der Waals surface area contributed by atoms with Crippen LogP contribution in [0.3, 0.4) is 0 Å². The Labute approximate surface area is 230 Å². The van der Waals surface area contributed by atoms with E-state index in [1.807, 2.05) is 31.2 Å². The smallest absolute Gasteiger partial charge is 0.416 e. The van der Waals surface area contributed by atoms with Crippen molar-refractivity contribution in [1.82, 2.24) is 5.32 Å². The minimum atomic E-state index is -4.42. The highest BCUT2D eigenvalue weighted by Crippen LogP contribution is 2.42. The topological polar surface area (TPSA) is 58.6 Å². The Balaban J connectivity index is 1.45. The number of nitrogens with one attached hydrogen (secondary N) is 1.